The first-order chi connectivity index (χ1) is 10.2. The van der Waals surface area contributed by atoms with Gasteiger partial charge in [0.2, 0.25) is 0 Å². The van der Waals surface area contributed by atoms with E-state index in [1.54, 1.807) is 7.11 Å². The summed E-state index contributed by atoms with van der Waals surface area (Å²) >= 11 is 5.73. The van der Waals surface area contributed by atoms with Crippen molar-refractivity contribution >= 4 is 33.4 Å². The number of ether oxygens (including phenoxy) is 1. The number of anilines is 1. The molecule has 1 aliphatic heterocycles. The molecule has 1 fully saturated rings. The molecule has 118 valence electrons. The lowest BCUT2D eigenvalue weighted by Gasteiger charge is -2.35. The average Bonchev–Trinajstić information content (AvgIpc) is 2.52. The lowest BCUT2D eigenvalue weighted by molar-refractivity contribution is 0.199. The third kappa shape index (κ3) is 5.16. The monoisotopic (exact) mass is 372 g/mol. The highest BCUT2D eigenvalue weighted by molar-refractivity contribution is 9.10. The molecule has 0 radical (unpaired) electrons. The lowest BCUT2D eigenvalue weighted by atomic mass is 10.1. The molecule has 5 heteroatoms. The highest BCUT2D eigenvalue weighted by Gasteiger charge is 2.21. The van der Waals surface area contributed by atoms with Gasteiger partial charge in [-0.15, -0.1) is 0 Å². The molecule has 1 saturated heterocycles. The van der Waals surface area contributed by atoms with Gasteiger partial charge in [-0.1, -0.05) is 28.9 Å². The van der Waals surface area contributed by atoms with Crippen molar-refractivity contribution in [2.45, 2.75) is 25.1 Å². The molecule has 0 aliphatic carbocycles. The molecule has 1 aliphatic rings. The maximum atomic E-state index is 5.09. The van der Waals surface area contributed by atoms with Gasteiger partial charge in [0, 0.05) is 54.5 Å². The molecule has 0 amide bonds. The van der Waals surface area contributed by atoms with Crippen LogP contribution in [0.4, 0.5) is 5.69 Å². The van der Waals surface area contributed by atoms with Gasteiger partial charge in [0.25, 0.3) is 0 Å². The van der Waals surface area contributed by atoms with Crippen LogP contribution < -0.4 is 10.2 Å². The van der Waals surface area contributed by atoms with Crippen LogP contribution in [0.25, 0.3) is 0 Å². The van der Waals surface area contributed by atoms with Gasteiger partial charge in [-0.2, -0.15) is 11.8 Å². The van der Waals surface area contributed by atoms with Crippen molar-refractivity contribution in [3.8, 4) is 0 Å². The van der Waals surface area contributed by atoms with E-state index in [2.05, 4.69) is 63.0 Å². The van der Waals surface area contributed by atoms with E-state index in [1.807, 2.05) is 0 Å². The fourth-order valence-electron chi connectivity index (χ4n) is 2.56. The Hall–Kier alpha value is -0.230. The van der Waals surface area contributed by atoms with E-state index in [9.17, 15) is 0 Å². The van der Waals surface area contributed by atoms with Gasteiger partial charge in [-0.3, -0.25) is 0 Å². The molecule has 0 saturated carbocycles. The summed E-state index contributed by atoms with van der Waals surface area (Å²) in [5.41, 5.74) is 2.74. The van der Waals surface area contributed by atoms with Crippen LogP contribution in [0.1, 0.15) is 18.9 Å². The number of rotatable bonds is 7. The van der Waals surface area contributed by atoms with Crippen molar-refractivity contribution < 1.29 is 4.74 Å². The fourth-order valence-corrected chi connectivity index (χ4v) is 4.09. The average molecular weight is 373 g/mol. The number of nitrogens with one attached hydrogen (secondary N) is 1. The largest absolute Gasteiger partial charge is 0.383 e. The summed E-state index contributed by atoms with van der Waals surface area (Å²) in [6.45, 7) is 7.12. The van der Waals surface area contributed by atoms with Crippen molar-refractivity contribution in [3.05, 3.63) is 28.2 Å². The second-order valence-electron chi connectivity index (χ2n) is 5.29. The van der Waals surface area contributed by atoms with Crippen LogP contribution in [-0.2, 0) is 11.3 Å². The van der Waals surface area contributed by atoms with Gasteiger partial charge in [0.05, 0.1) is 6.61 Å². The molecule has 0 bridgehead atoms. The van der Waals surface area contributed by atoms with Gasteiger partial charge in [0.1, 0.15) is 0 Å². The summed E-state index contributed by atoms with van der Waals surface area (Å²) < 4.78 is 6.25. The van der Waals surface area contributed by atoms with Gasteiger partial charge in [-0.05, 0) is 24.1 Å². The van der Waals surface area contributed by atoms with Crippen LogP contribution >= 0.6 is 27.7 Å². The van der Waals surface area contributed by atoms with Gasteiger partial charge in [0.15, 0.2) is 0 Å². The van der Waals surface area contributed by atoms with Crippen LogP contribution in [0.5, 0.6) is 0 Å². The number of thioether (sulfide) groups is 1. The smallest absolute Gasteiger partial charge is 0.0587 e. The molecule has 21 heavy (non-hydrogen) atoms. The highest BCUT2D eigenvalue weighted by Crippen LogP contribution is 2.30. The SMILES string of the molecule is CCC1CN(c2cc(Br)ccc2CNCCOC)CCS1. The molecular formula is C16H25BrN2OS. The first kappa shape index (κ1) is 17.1. The summed E-state index contributed by atoms with van der Waals surface area (Å²) in [4.78, 5) is 2.54. The molecule has 2 rings (SSSR count). The Bertz CT molecular complexity index is 444. The van der Waals surface area contributed by atoms with Crippen LogP contribution in [0.2, 0.25) is 0 Å². The number of methoxy groups -OCH3 is 1. The Balaban J connectivity index is 2.07. The molecule has 3 nitrogen and oxygen atoms in total. The maximum Gasteiger partial charge on any atom is 0.0587 e. The zero-order valence-electron chi connectivity index (χ0n) is 12.9. The van der Waals surface area contributed by atoms with E-state index in [1.165, 1.54) is 23.4 Å². The molecule has 1 aromatic rings. The third-order valence-corrected chi connectivity index (χ3v) is 5.65. The number of hydrogen-bond acceptors (Lipinski definition) is 4. The molecule has 1 heterocycles. The Morgan fingerprint density at radius 1 is 1.48 bits per heavy atom. The zero-order chi connectivity index (χ0) is 15.1. The lowest BCUT2D eigenvalue weighted by Crippen LogP contribution is -2.38. The molecule has 0 aromatic heterocycles. The summed E-state index contributed by atoms with van der Waals surface area (Å²) in [6.07, 6.45) is 1.25. The molecular weight excluding hydrogens is 348 g/mol. The summed E-state index contributed by atoms with van der Waals surface area (Å²) in [6, 6.07) is 6.62. The fraction of sp³-hybridized carbons (Fsp3) is 0.625. The van der Waals surface area contributed by atoms with Crippen molar-refractivity contribution in [3.63, 3.8) is 0 Å². The molecule has 1 atom stereocenters. The first-order valence-corrected chi connectivity index (χ1v) is 9.43. The normalized spacial score (nSPS) is 19.0. The zero-order valence-corrected chi connectivity index (χ0v) is 15.3. The standard InChI is InChI=1S/C16H25BrN2OS/c1-3-15-12-19(7-9-21-15)16-10-14(17)5-4-13(16)11-18-6-8-20-2/h4-5,10,15,18H,3,6-9,11-12H2,1-2H3. The highest BCUT2D eigenvalue weighted by atomic mass is 79.9. The van der Waals surface area contributed by atoms with Crippen molar-refractivity contribution in [2.75, 3.05) is 44.0 Å². The number of nitrogens with zero attached hydrogens (tertiary/aromatic N) is 1. The molecule has 1 unspecified atom stereocenters. The topological polar surface area (TPSA) is 24.5 Å². The maximum absolute atomic E-state index is 5.09. The van der Waals surface area contributed by atoms with E-state index in [4.69, 9.17) is 4.74 Å². The second kappa shape index (κ2) is 9.03. The van der Waals surface area contributed by atoms with E-state index in [-0.39, 0.29) is 0 Å². The Morgan fingerprint density at radius 3 is 3.10 bits per heavy atom. The van der Waals surface area contributed by atoms with E-state index >= 15 is 0 Å². The summed E-state index contributed by atoms with van der Waals surface area (Å²) in [5.74, 6) is 1.22. The minimum Gasteiger partial charge on any atom is -0.383 e. The quantitative estimate of drug-likeness (QED) is 0.740. The van der Waals surface area contributed by atoms with Crippen LogP contribution in [0.15, 0.2) is 22.7 Å². The van der Waals surface area contributed by atoms with Crippen molar-refractivity contribution in [1.82, 2.24) is 5.32 Å². The number of halogens is 1. The first-order valence-electron chi connectivity index (χ1n) is 7.59. The van der Waals surface area contributed by atoms with E-state index in [0.29, 0.717) is 0 Å². The van der Waals surface area contributed by atoms with E-state index < -0.39 is 0 Å². The van der Waals surface area contributed by atoms with Crippen molar-refractivity contribution in [1.29, 1.82) is 0 Å². The Kier molecular flexibility index (Phi) is 7.37. The minimum absolute atomic E-state index is 0.754. The van der Waals surface area contributed by atoms with Crippen LogP contribution in [0, 0.1) is 0 Å². The van der Waals surface area contributed by atoms with Crippen LogP contribution in [0.3, 0.4) is 0 Å². The summed E-state index contributed by atoms with van der Waals surface area (Å²) in [7, 11) is 1.74. The predicted octanol–water partition coefficient (Wildman–Crippen LogP) is 3.52. The minimum atomic E-state index is 0.754. The van der Waals surface area contributed by atoms with Gasteiger partial charge < -0.3 is 15.0 Å². The predicted molar refractivity (Wildman–Crippen MR) is 96.5 cm³/mol. The molecule has 1 N–H and O–H groups in total. The third-order valence-electron chi connectivity index (χ3n) is 3.78. The van der Waals surface area contributed by atoms with Crippen LogP contribution in [-0.4, -0.2) is 44.4 Å². The van der Waals surface area contributed by atoms with Gasteiger partial charge in [-0.25, -0.2) is 0 Å². The molecule has 1 aromatic carbocycles. The van der Waals surface area contributed by atoms with Crippen molar-refractivity contribution in [2.24, 2.45) is 0 Å². The Labute approximate surface area is 140 Å². The number of hydrogen-bond donors (Lipinski definition) is 1. The Morgan fingerprint density at radius 2 is 2.33 bits per heavy atom. The number of benzene rings is 1. The van der Waals surface area contributed by atoms with Gasteiger partial charge >= 0.3 is 0 Å². The second-order valence-corrected chi connectivity index (χ2v) is 7.61. The summed E-state index contributed by atoms with van der Waals surface area (Å²) in [5, 5.41) is 4.21. The van der Waals surface area contributed by atoms with E-state index in [0.717, 1.165) is 42.5 Å². The molecule has 0 spiro atoms.